The lowest BCUT2D eigenvalue weighted by molar-refractivity contribution is -0.117. The molecule has 168 valence electrons. The standard InChI is InChI=1S/C25H24N4O3S/c1-16-15-28(25-21-6-4-5-7-22(21)26-27-25)24-14-19(10-13-23(24)29(16)17(2)30)18-8-11-20(12-9-18)33(3,31)32/h4-14,16H,15H2,1-3H3,(H,26,27)/t16-/m0/s1. The van der Waals surface area contributed by atoms with Crippen molar-refractivity contribution in [2.24, 2.45) is 0 Å². The van der Waals surface area contributed by atoms with Crippen LogP contribution in [0.5, 0.6) is 0 Å². The fraction of sp³-hybridized carbons (Fsp3) is 0.200. The molecule has 4 aromatic rings. The third-order valence-corrected chi connectivity index (χ3v) is 7.20. The summed E-state index contributed by atoms with van der Waals surface area (Å²) in [5, 5.41) is 8.71. The molecule has 0 spiro atoms. The molecule has 0 saturated heterocycles. The van der Waals surface area contributed by atoms with Crippen molar-refractivity contribution >= 4 is 43.8 Å². The number of hydrogen-bond acceptors (Lipinski definition) is 5. The smallest absolute Gasteiger partial charge is 0.224 e. The maximum Gasteiger partial charge on any atom is 0.224 e. The lowest BCUT2D eigenvalue weighted by Crippen LogP contribution is -2.48. The quantitative estimate of drug-likeness (QED) is 0.486. The topological polar surface area (TPSA) is 86.4 Å². The molecule has 7 nitrogen and oxygen atoms in total. The minimum Gasteiger partial charge on any atom is -0.320 e. The Kier molecular flexibility index (Phi) is 4.97. The van der Waals surface area contributed by atoms with Gasteiger partial charge in [0.1, 0.15) is 0 Å². The first-order valence-electron chi connectivity index (χ1n) is 10.7. The number of aromatic nitrogens is 2. The second-order valence-electron chi connectivity index (χ2n) is 8.44. The Morgan fingerprint density at radius 1 is 1.00 bits per heavy atom. The maximum atomic E-state index is 12.5. The molecule has 1 aromatic heterocycles. The lowest BCUT2D eigenvalue weighted by atomic mass is 10.0. The van der Waals surface area contributed by atoms with Crippen molar-refractivity contribution in [1.29, 1.82) is 0 Å². The summed E-state index contributed by atoms with van der Waals surface area (Å²) >= 11 is 0. The molecule has 1 N–H and O–H groups in total. The molecular weight excluding hydrogens is 436 g/mol. The highest BCUT2D eigenvalue weighted by Crippen LogP contribution is 2.43. The van der Waals surface area contributed by atoms with Crippen LogP contribution in [0.25, 0.3) is 22.0 Å². The van der Waals surface area contributed by atoms with Gasteiger partial charge in [0.15, 0.2) is 15.7 Å². The number of rotatable bonds is 3. The first-order chi connectivity index (χ1) is 15.7. The van der Waals surface area contributed by atoms with Crippen LogP contribution in [0.3, 0.4) is 0 Å². The molecular formula is C25H24N4O3S. The normalized spacial score (nSPS) is 16.2. The van der Waals surface area contributed by atoms with E-state index in [4.69, 9.17) is 0 Å². The molecule has 33 heavy (non-hydrogen) atoms. The van der Waals surface area contributed by atoms with E-state index in [-0.39, 0.29) is 16.8 Å². The predicted octanol–water partition coefficient (Wildman–Crippen LogP) is 4.53. The number of H-pyrrole nitrogens is 1. The molecule has 1 aliphatic heterocycles. The molecule has 0 radical (unpaired) electrons. The Morgan fingerprint density at radius 2 is 1.70 bits per heavy atom. The molecule has 8 heteroatoms. The molecule has 1 atom stereocenters. The lowest BCUT2D eigenvalue weighted by Gasteiger charge is -2.41. The van der Waals surface area contributed by atoms with Gasteiger partial charge < -0.3 is 9.80 Å². The van der Waals surface area contributed by atoms with Crippen LogP contribution in [0, 0.1) is 0 Å². The molecule has 0 unspecified atom stereocenters. The highest BCUT2D eigenvalue weighted by atomic mass is 32.2. The Hall–Kier alpha value is -3.65. The van der Waals surface area contributed by atoms with Gasteiger partial charge in [0, 0.05) is 25.1 Å². The number of anilines is 3. The first-order valence-corrected chi connectivity index (χ1v) is 12.6. The van der Waals surface area contributed by atoms with Crippen LogP contribution in [-0.4, -0.2) is 43.4 Å². The maximum absolute atomic E-state index is 12.5. The molecule has 3 aromatic carbocycles. The second-order valence-corrected chi connectivity index (χ2v) is 10.5. The van der Waals surface area contributed by atoms with Gasteiger partial charge in [-0.25, -0.2) is 8.42 Å². The van der Waals surface area contributed by atoms with Gasteiger partial charge in [-0.3, -0.25) is 9.89 Å². The van der Waals surface area contributed by atoms with Gasteiger partial charge >= 0.3 is 0 Å². The summed E-state index contributed by atoms with van der Waals surface area (Å²) in [6.07, 6.45) is 1.20. The number of nitrogens with one attached hydrogen (secondary N) is 1. The van der Waals surface area contributed by atoms with Crippen molar-refractivity contribution in [3.63, 3.8) is 0 Å². The second kappa shape index (κ2) is 7.74. The zero-order valence-corrected chi connectivity index (χ0v) is 19.4. The van der Waals surface area contributed by atoms with Crippen LogP contribution >= 0.6 is 0 Å². The number of hydrogen-bond donors (Lipinski definition) is 1. The Morgan fingerprint density at radius 3 is 2.39 bits per heavy atom. The fourth-order valence-electron chi connectivity index (χ4n) is 4.53. The minimum atomic E-state index is -3.26. The summed E-state index contributed by atoms with van der Waals surface area (Å²) in [6, 6.07) is 20.7. The van der Waals surface area contributed by atoms with Crippen LogP contribution in [0.15, 0.2) is 71.6 Å². The van der Waals surface area contributed by atoms with Gasteiger partial charge in [-0.1, -0.05) is 30.3 Å². The van der Waals surface area contributed by atoms with Crippen molar-refractivity contribution in [3.8, 4) is 11.1 Å². The molecule has 0 bridgehead atoms. The summed E-state index contributed by atoms with van der Waals surface area (Å²) in [6.45, 7) is 4.21. The third kappa shape index (κ3) is 3.66. The van der Waals surface area contributed by atoms with E-state index in [1.54, 1.807) is 31.2 Å². The van der Waals surface area contributed by atoms with Crippen LogP contribution in [-0.2, 0) is 14.6 Å². The van der Waals surface area contributed by atoms with E-state index in [0.29, 0.717) is 6.54 Å². The average molecular weight is 461 g/mol. The van der Waals surface area contributed by atoms with Crippen LogP contribution in [0.4, 0.5) is 17.2 Å². The number of amides is 1. The highest BCUT2D eigenvalue weighted by molar-refractivity contribution is 7.90. The van der Waals surface area contributed by atoms with E-state index in [1.807, 2.05) is 54.3 Å². The van der Waals surface area contributed by atoms with Crippen molar-refractivity contribution in [1.82, 2.24) is 10.2 Å². The Balaban J connectivity index is 1.66. The fourth-order valence-corrected chi connectivity index (χ4v) is 5.16. The summed E-state index contributed by atoms with van der Waals surface area (Å²) in [4.78, 5) is 16.7. The number of nitrogens with zero attached hydrogens (tertiary/aromatic N) is 3. The van der Waals surface area contributed by atoms with Crippen molar-refractivity contribution in [3.05, 3.63) is 66.7 Å². The van der Waals surface area contributed by atoms with Gasteiger partial charge in [0.2, 0.25) is 5.91 Å². The van der Waals surface area contributed by atoms with E-state index in [1.165, 1.54) is 6.26 Å². The number of aromatic amines is 1. The number of carbonyl (C=O) groups is 1. The van der Waals surface area contributed by atoms with Gasteiger partial charge in [0.25, 0.3) is 0 Å². The van der Waals surface area contributed by atoms with Crippen LogP contribution in [0.2, 0.25) is 0 Å². The molecule has 0 aliphatic carbocycles. The van der Waals surface area contributed by atoms with E-state index in [2.05, 4.69) is 15.1 Å². The zero-order chi connectivity index (χ0) is 23.3. The SMILES string of the molecule is CC(=O)N1c2ccc(-c3ccc(S(C)(=O)=O)cc3)cc2N(c2n[nH]c3ccccc23)C[C@@H]1C. The monoisotopic (exact) mass is 460 g/mol. The molecule has 5 rings (SSSR count). The largest absolute Gasteiger partial charge is 0.320 e. The van der Waals surface area contributed by atoms with E-state index >= 15 is 0 Å². The van der Waals surface area contributed by atoms with Gasteiger partial charge in [-0.15, -0.1) is 0 Å². The summed E-state index contributed by atoms with van der Waals surface area (Å²) < 4.78 is 23.7. The van der Waals surface area contributed by atoms with E-state index in [9.17, 15) is 13.2 Å². The Bertz CT molecular complexity index is 1480. The predicted molar refractivity (Wildman–Crippen MR) is 131 cm³/mol. The zero-order valence-electron chi connectivity index (χ0n) is 18.6. The Labute approximate surface area is 192 Å². The van der Waals surface area contributed by atoms with Crippen molar-refractivity contribution in [2.75, 3.05) is 22.6 Å². The van der Waals surface area contributed by atoms with Crippen molar-refractivity contribution in [2.45, 2.75) is 24.8 Å². The van der Waals surface area contributed by atoms with Crippen molar-refractivity contribution < 1.29 is 13.2 Å². The number of para-hydroxylation sites is 1. The molecule has 2 heterocycles. The van der Waals surface area contributed by atoms with E-state index < -0.39 is 9.84 Å². The number of sulfone groups is 1. The molecule has 1 aliphatic rings. The third-order valence-electron chi connectivity index (χ3n) is 6.07. The number of fused-ring (bicyclic) bond motifs is 2. The number of carbonyl (C=O) groups excluding carboxylic acids is 1. The van der Waals surface area contributed by atoms with Crippen LogP contribution < -0.4 is 9.80 Å². The summed E-state index contributed by atoms with van der Waals surface area (Å²) in [5.41, 5.74) is 4.47. The van der Waals surface area contributed by atoms with Gasteiger partial charge in [-0.2, -0.15) is 5.10 Å². The highest BCUT2D eigenvalue weighted by Gasteiger charge is 2.33. The van der Waals surface area contributed by atoms with Crippen LogP contribution in [0.1, 0.15) is 13.8 Å². The van der Waals surface area contributed by atoms with Gasteiger partial charge in [-0.05, 0) is 54.4 Å². The minimum absolute atomic E-state index is 0.0134. The average Bonchev–Trinajstić information content (AvgIpc) is 3.21. The summed E-state index contributed by atoms with van der Waals surface area (Å²) in [5.74, 6) is 0.798. The molecule has 0 saturated carbocycles. The first kappa shape index (κ1) is 21.2. The van der Waals surface area contributed by atoms with E-state index in [0.717, 1.165) is 39.2 Å². The molecule has 1 amide bonds. The number of benzene rings is 3. The molecule has 0 fully saturated rings. The summed E-state index contributed by atoms with van der Waals surface area (Å²) in [7, 11) is -3.26. The van der Waals surface area contributed by atoms with Gasteiger partial charge in [0.05, 0.1) is 27.8 Å².